The minimum Gasteiger partial charge on any atom is -0.394 e. The summed E-state index contributed by atoms with van der Waals surface area (Å²) in [7, 11) is 0. The predicted octanol–water partition coefficient (Wildman–Crippen LogP) is 14.5. The molecular weight excluding hydrogens is 576 g/mol. The molecule has 0 bridgehead atoms. The highest BCUT2D eigenvalue weighted by Gasteiger charge is 2.42. The second-order valence-electron chi connectivity index (χ2n) is 11.1. The highest BCUT2D eigenvalue weighted by Crippen LogP contribution is 2.45. The lowest BCUT2D eigenvalue weighted by atomic mass is 9.76. The van der Waals surface area contributed by atoms with Crippen LogP contribution in [0, 0.1) is 0 Å². The molecule has 0 heterocycles. The Labute approximate surface area is 298 Å². The van der Waals surface area contributed by atoms with Gasteiger partial charge in [-0.25, -0.2) is 0 Å². The molecule has 2 fully saturated rings. The van der Waals surface area contributed by atoms with E-state index in [1.54, 1.807) is 0 Å². The van der Waals surface area contributed by atoms with E-state index in [1.165, 1.54) is 154 Å². The van der Waals surface area contributed by atoms with E-state index < -0.39 is 0 Å². The molecule has 2 saturated carbocycles. The zero-order chi connectivity index (χ0) is 38.1. The van der Waals surface area contributed by atoms with Crippen LogP contribution in [-0.4, -0.2) is 34.6 Å². The summed E-state index contributed by atoms with van der Waals surface area (Å²) in [4.78, 5) is 0. The third-order valence-corrected chi connectivity index (χ3v) is 8.03. The minimum atomic E-state index is -0.125. The van der Waals surface area contributed by atoms with Gasteiger partial charge in [0, 0.05) is 0 Å². The highest BCUT2D eigenvalue weighted by molar-refractivity contribution is 4.93. The average Bonchev–Trinajstić information content (AvgIpc) is 3.18. The van der Waals surface area contributed by atoms with Crippen LogP contribution in [0.4, 0.5) is 0 Å². The molecule has 0 aliphatic heterocycles. The molecule has 3 nitrogen and oxygen atoms in total. The van der Waals surface area contributed by atoms with Crippen molar-refractivity contribution in [1.82, 2.24) is 0 Å². The summed E-state index contributed by atoms with van der Waals surface area (Å²) < 4.78 is 7.36. The SMILES string of the molecule is C=C.C=C.C=C.C=C.C=C.C=C.C=C.CCCCCCCCC1(OC2(CCCCCCCC)CCCCC2)CCCCC1.OCCO. The second kappa shape index (κ2) is 59.5. The smallest absolute Gasteiger partial charge is 0.0690 e. The van der Waals surface area contributed by atoms with Gasteiger partial charge in [0.25, 0.3) is 0 Å². The maximum absolute atomic E-state index is 7.62. The van der Waals surface area contributed by atoms with Gasteiger partial charge in [0.1, 0.15) is 0 Å². The molecule has 2 aliphatic carbocycles. The first-order valence-corrected chi connectivity index (χ1v) is 18.6. The van der Waals surface area contributed by atoms with E-state index in [2.05, 4.69) is 106 Å². The summed E-state index contributed by atoms with van der Waals surface area (Å²) in [6.45, 7) is 46.4. The van der Waals surface area contributed by atoms with Crippen molar-refractivity contribution in [2.75, 3.05) is 13.2 Å². The molecule has 2 N–H and O–H groups in total. The van der Waals surface area contributed by atoms with Gasteiger partial charge in [-0.1, -0.05) is 129 Å². The Balaban J connectivity index is -0.000000151. The van der Waals surface area contributed by atoms with E-state index in [0.717, 1.165) is 0 Å². The Morgan fingerprint density at radius 2 is 0.617 bits per heavy atom. The van der Waals surface area contributed by atoms with Crippen LogP contribution in [0.15, 0.2) is 92.1 Å². The lowest BCUT2D eigenvalue weighted by molar-refractivity contribution is -0.192. The molecule has 0 radical (unpaired) electrons. The predicted molar refractivity (Wildman–Crippen MR) is 222 cm³/mol. The fourth-order valence-electron chi connectivity index (χ4n) is 6.11. The fourth-order valence-corrected chi connectivity index (χ4v) is 6.11. The Bertz CT molecular complexity index is 451. The maximum atomic E-state index is 7.62. The summed E-state index contributed by atoms with van der Waals surface area (Å²) in [5.74, 6) is 0. The van der Waals surface area contributed by atoms with Gasteiger partial charge in [-0.15, -0.1) is 92.1 Å². The molecule has 282 valence electrons. The van der Waals surface area contributed by atoms with Crippen LogP contribution in [0.25, 0.3) is 0 Å². The fraction of sp³-hybridized carbons (Fsp3) is 0.682. The first-order valence-electron chi connectivity index (χ1n) is 18.6. The summed E-state index contributed by atoms with van der Waals surface area (Å²) >= 11 is 0. The summed E-state index contributed by atoms with van der Waals surface area (Å²) in [6.07, 6.45) is 33.5. The Morgan fingerprint density at radius 3 is 0.851 bits per heavy atom. The lowest BCUT2D eigenvalue weighted by Crippen LogP contribution is -2.47. The lowest BCUT2D eigenvalue weighted by Gasteiger charge is -2.48. The van der Waals surface area contributed by atoms with Gasteiger partial charge in [-0.05, 0) is 38.5 Å². The summed E-state index contributed by atoms with van der Waals surface area (Å²) in [6, 6.07) is 0. The van der Waals surface area contributed by atoms with Crippen molar-refractivity contribution in [1.29, 1.82) is 0 Å². The summed E-state index contributed by atoms with van der Waals surface area (Å²) in [5.41, 5.74) is 0.477. The van der Waals surface area contributed by atoms with Crippen LogP contribution in [0.5, 0.6) is 0 Å². The Morgan fingerprint density at radius 1 is 0.383 bits per heavy atom. The normalized spacial score (nSPS) is 14.4. The van der Waals surface area contributed by atoms with Gasteiger partial charge in [0.2, 0.25) is 0 Å². The first kappa shape index (κ1) is 60.4. The van der Waals surface area contributed by atoms with Crippen molar-refractivity contribution < 1.29 is 14.9 Å². The average molecular weight is 665 g/mol. The van der Waals surface area contributed by atoms with Gasteiger partial charge in [-0.3, -0.25) is 0 Å². The molecule has 0 aromatic heterocycles. The molecule has 0 unspecified atom stereocenters. The van der Waals surface area contributed by atoms with E-state index >= 15 is 0 Å². The number of hydrogen-bond acceptors (Lipinski definition) is 3. The quantitative estimate of drug-likeness (QED) is 0.120. The molecule has 0 atom stereocenters. The van der Waals surface area contributed by atoms with E-state index in [-0.39, 0.29) is 24.4 Å². The van der Waals surface area contributed by atoms with Crippen LogP contribution < -0.4 is 0 Å². The van der Waals surface area contributed by atoms with Gasteiger partial charge >= 0.3 is 0 Å². The van der Waals surface area contributed by atoms with Crippen molar-refractivity contribution in [2.45, 2.75) is 179 Å². The molecule has 2 aliphatic rings. The number of hydrogen-bond donors (Lipinski definition) is 2. The minimum absolute atomic E-state index is 0.125. The third-order valence-electron chi connectivity index (χ3n) is 8.03. The third kappa shape index (κ3) is 42.0. The zero-order valence-corrected chi connectivity index (χ0v) is 32.6. The number of aliphatic hydroxyl groups excluding tert-OH is 2. The van der Waals surface area contributed by atoms with Gasteiger partial charge in [0.15, 0.2) is 0 Å². The molecule has 3 heteroatoms. The first-order chi connectivity index (χ1) is 23.2. The largest absolute Gasteiger partial charge is 0.394 e. The standard InChI is InChI=1S/C28H54O.C2H6O2.7C2H4/c1-3-5-7-9-11-15-21-27(23-17-13-18-24-27)29-28(25-19-14-20-26-28)22-16-12-10-8-6-4-2;3-1-2-4;7*1-2/h3-26H2,1-2H3;3-4H,1-2H2;7*1-2H2. The Kier molecular flexibility index (Phi) is 76.4. The summed E-state index contributed by atoms with van der Waals surface area (Å²) in [5, 5.41) is 15.2. The van der Waals surface area contributed by atoms with Crippen LogP contribution >= 0.6 is 0 Å². The van der Waals surface area contributed by atoms with Gasteiger partial charge in [-0.2, -0.15) is 0 Å². The van der Waals surface area contributed by atoms with Crippen LogP contribution in [0.2, 0.25) is 0 Å². The van der Waals surface area contributed by atoms with E-state index in [9.17, 15) is 0 Å². The van der Waals surface area contributed by atoms with Crippen molar-refractivity contribution >= 4 is 0 Å². The van der Waals surface area contributed by atoms with Crippen LogP contribution in [0.3, 0.4) is 0 Å². The van der Waals surface area contributed by atoms with Crippen molar-refractivity contribution in [3.05, 3.63) is 92.1 Å². The van der Waals surface area contributed by atoms with Gasteiger partial charge < -0.3 is 14.9 Å². The van der Waals surface area contributed by atoms with Crippen molar-refractivity contribution in [2.24, 2.45) is 0 Å². The molecule has 0 aromatic rings. The molecule has 0 amide bonds. The number of aliphatic hydroxyl groups is 2. The van der Waals surface area contributed by atoms with E-state index in [1.807, 2.05) is 0 Å². The molecule has 47 heavy (non-hydrogen) atoms. The molecule has 2 rings (SSSR count). The number of ether oxygens (including phenoxy) is 1. The van der Waals surface area contributed by atoms with Gasteiger partial charge in [0.05, 0.1) is 24.4 Å². The highest BCUT2D eigenvalue weighted by atomic mass is 16.5. The van der Waals surface area contributed by atoms with Crippen molar-refractivity contribution in [3.8, 4) is 0 Å². The molecular formula is C44H88O3. The van der Waals surface area contributed by atoms with Crippen LogP contribution in [0.1, 0.15) is 168 Å². The van der Waals surface area contributed by atoms with E-state index in [0.29, 0.717) is 0 Å². The topological polar surface area (TPSA) is 49.7 Å². The molecule has 0 aromatic carbocycles. The second-order valence-corrected chi connectivity index (χ2v) is 11.1. The van der Waals surface area contributed by atoms with Crippen molar-refractivity contribution in [3.63, 3.8) is 0 Å². The maximum Gasteiger partial charge on any atom is 0.0690 e. The zero-order valence-electron chi connectivity index (χ0n) is 32.6. The number of rotatable bonds is 17. The monoisotopic (exact) mass is 665 g/mol. The number of unbranched alkanes of at least 4 members (excludes halogenated alkanes) is 10. The molecule has 0 spiro atoms. The van der Waals surface area contributed by atoms with Crippen LogP contribution in [-0.2, 0) is 4.74 Å². The molecule has 0 saturated heterocycles. The Hall–Kier alpha value is -1.94. The van der Waals surface area contributed by atoms with E-state index in [4.69, 9.17) is 14.9 Å².